The molecule has 0 radical (unpaired) electrons. The molecule has 2 aromatic rings. The first-order valence-electron chi connectivity index (χ1n) is 12.5. The minimum Gasteiger partial charge on any atom is -0.387 e. The van der Waals surface area contributed by atoms with E-state index in [4.69, 9.17) is 0 Å². The SMILES string of the molecule is C/C=C1CC(=C/C)/C(=C\CCc2ccc(-n3c4c(c5c3=CCNC=5)CNC=C4)cc2C)C/1=C/C. The third-order valence-electron chi connectivity index (χ3n) is 7.38. The van der Waals surface area contributed by atoms with Crippen molar-refractivity contribution in [3.8, 4) is 5.69 Å². The van der Waals surface area contributed by atoms with Gasteiger partial charge in [0, 0.05) is 35.8 Å². The number of allylic oxidation sites excluding steroid dienone is 8. The summed E-state index contributed by atoms with van der Waals surface area (Å²) in [5.74, 6) is 0. The molecule has 0 saturated heterocycles. The van der Waals surface area contributed by atoms with Gasteiger partial charge >= 0.3 is 0 Å². The molecule has 0 bridgehead atoms. The summed E-state index contributed by atoms with van der Waals surface area (Å²) in [4.78, 5) is 0. The van der Waals surface area contributed by atoms with Gasteiger partial charge in [-0.3, -0.25) is 0 Å². The largest absolute Gasteiger partial charge is 0.387 e. The van der Waals surface area contributed by atoms with Gasteiger partial charge in [-0.25, -0.2) is 0 Å². The third-order valence-corrected chi connectivity index (χ3v) is 7.38. The first-order chi connectivity index (χ1) is 16.7. The topological polar surface area (TPSA) is 29.0 Å². The Bertz CT molecular complexity index is 1400. The molecule has 0 spiro atoms. The molecule has 5 rings (SSSR count). The average Bonchev–Trinajstić information content (AvgIpc) is 3.40. The molecular weight excluding hydrogens is 414 g/mol. The van der Waals surface area contributed by atoms with E-state index in [1.807, 2.05) is 0 Å². The lowest BCUT2D eigenvalue weighted by molar-refractivity contribution is 0.846. The van der Waals surface area contributed by atoms with E-state index in [9.17, 15) is 0 Å². The zero-order valence-electron chi connectivity index (χ0n) is 20.8. The predicted molar refractivity (Wildman–Crippen MR) is 145 cm³/mol. The highest BCUT2D eigenvalue weighted by molar-refractivity contribution is 5.64. The van der Waals surface area contributed by atoms with Crippen LogP contribution >= 0.6 is 0 Å². The van der Waals surface area contributed by atoms with Crippen molar-refractivity contribution in [2.45, 2.75) is 53.5 Å². The van der Waals surface area contributed by atoms with E-state index in [2.05, 4.69) is 110 Å². The van der Waals surface area contributed by atoms with Gasteiger partial charge in [0.15, 0.2) is 0 Å². The lowest BCUT2D eigenvalue weighted by Crippen LogP contribution is -2.37. The van der Waals surface area contributed by atoms with Crippen LogP contribution in [0.15, 0.2) is 71.0 Å². The standard InChI is InChI=1S/C31H35N3/c1-5-22-18-23(6-2)27(26(22)7-3)10-8-9-24-11-12-25(17-21(24)4)34-30-13-15-32-19-28(30)29-20-33-16-14-31(29)34/h5-7,10-15,17,20,32-33H,8-9,16,18-19H2,1-4H3/b22-5-,23-6-,26-7+,27-10+. The van der Waals surface area contributed by atoms with Crippen molar-refractivity contribution in [3.05, 3.63) is 104 Å². The van der Waals surface area contributed by atoms with Gasteiger partial charge in [-0.2, -0.15) is 0 Å². The average molecular weight is 450 g/mol. The number of benzene rings is 1. The number of nitrogens with zero attached hydrogens (tertiary/aromatic N) is 1. The van der Waals surface area contributed by atoms with Crippen LogP contribution in [0.1, 0.15) is 56.0 Å². The molecule has 3 heterocycles. The molecule has 1 aliphatic carbocycles. The number of aromatic nitrogens is 1. The summed E-state index contributed by atoms with van der Waals surface area (Å²) < 4.78 is 2.42. The monoisotopic (exact) mass is 449 g/mol. The van der Waals surface area contributed by atoms with E-state index in [0.717, 1.165) is 32.4 Å². The second-order valence-corrected chi connectivity index (χ2v) is 9.24. The van der Waals surface area contributed by atoms with Crippen LogP contribution in [0.25, 0.3) is 24.0 Å². The lowest BCUT2D eigenvalue weighted by atomic mass is 9.99. The molecule has 0 unspecified atom stereocenters. The van der Waals surface area contributed by atoms with Gasteiger partial charge in [-0.1, -0.05) is 30.4 Å². The molecule has 1 saturated carbocycles. The molecule has 174 valence electrons. The fourth-order valence-corrected chi connectivity index (χ4v) is 5.60. The van der Waals surface area contributed by atoms with Crippen molar-refractivity contribution < 1.29 is 0 Å². The Labute approximate surface area is 203 Å². The maximum Gasteiger partial charge on any atom is 0.0533 e. The predicted octanol–water partition coefficient (Wildman–Crippen LogP) is 5.08. The van der Waals surface area contributed by atoms with Gasteiger partial charge in [-0.15, -0.1) is 0 Å². The van der Waals surface area contributed by atoms with Crippen LogP contribution < -0.4 is 21.2 Å². The molecule has 0 atom stereocenters. The first-order valence-corrected chi connectivity index (χ1v) is 12.5. The van der Waals surface area contributed by atoms with Gasteiger partial charge in [0.1, 0.15) is 0 Å². The van der Waals surface area contributed by atoms with Crippen LogP contribution in [0.4, 0.5) is 0 Å². The van der Waals surface area contributed by atoms with E-state index in [1.165, 1.54) is 60.9 Å². The maximum absolute atomic E-state index is 3.38. The summed E-state index contributed by atoms with van der Waals surface area (Å²) in [6, 6.07) is 6.98. The second kappa shape index (κ2) is 9.42. The molecule has 3 heteroatoms. The Morgan fingerprint density at radius 2 is 1.82 bits per heavy atom. The van der Waals surface area contributed by atoms with Crippen LogP contribution in [0.2, 0.25) is 0 Å². The molecule has 1 aromatic carbocycles. The Hall–Kier alpha value is -3.46. The highest BCUT2D eigenvalue weighted by Gasteiger charge is 2.22. The van der Waals surface area contributed by atoms with E-state index in [0.29, 0.717) is 0 Å². The summed E-state index contributed by atoms with van der Waals surface area (Å²) >= 11 is 0. The minimum atomic E-state index is 0.871. The Kier molecular flexibility index (Phi) is 6.19. The maximum atomic E-state index is 3.38. The van der Waals surface area contributed by atoms with Gasteiger partial charge in [0.2, 0.25) is 0 Å². The van der Waals surface area contributed by atoms with Gasteiger partial charge in [0.05, 0.1) is 11.0 Å². The zero-order chi connectivity index (χ0) is 23.7. The van der Waals surface area contributed by atoms with Crippen LogP contribution in [-0.2, 0) is 13.0 Å². The van der Waals surface area contributed by atoms with Gasteiger partial charge in [-0.05, 0) is 111 Å². The second-order valence-electron chi connectivity index (χ2n) is 9.24. The molecular formula is C31H35N3. The fourth-order valence-electron chi connectivity index (χ4n) is 5.60. The molecule has 2 N–H and O–H groups in total. The van der Waals surface area contributed by atoms with Crippen molar-refractivity contribution in [3.63, 3.8) is 0 Å². The summed E-state index contributed by atoms with van der Waals surface area (Å²) in [5, 5.41) is 9.36. The molecule has 1 fully saturated rings. The van der Waals surface area contributed by atoms with E-state index in [-0.39, 0.29) is 0 Å². The van der Waals surface area contributed by atoms with Crippen LogP contribution in [0.3, 0.4) is 0 Å². The molecule has 1 aromatic heterocycles. The number of rotatable bonds is 4. The number of hydrogen-bond acceptors (Lipinski definition) is 2. The van der Waals surface area contributed by atoms with E-state index < -0.39 is 0 Å². The number of aryl methyl sites for hydroxylation is 2. The number of hydrogen-bond donors (Lipinski definition) is 2. The minimum absolute atomic E-state index is 0.871. The van der Waals surface area contributed by atoms with Gasteiger partial charge < -0.3 is 15.2 Å². The summed E-state index contributed by atoms with van der Waals surface area (Å²) in [6.45, 7) is 10.5. The lowest BCUT2D eigenvalue weighted by Gasteiger charge is -2.15. The summed E-state index contributed by atoms with van der Waals surface area (Å²) in [5.41, 5.74) is 12.4. The third kappa shape index (κ3) is 3.79. The van der Waals surface area contributed by atoms with Gasteiger partial charge in [0.25, 0.3) is 0 Å². The number of fused-ring (bicyclic) bond motifs is 3. The highest BCUT2D eigenvalue weighted by Crippen LogP contribution is 2.40. The Balaban J connectivity index is 1.43. The van der Waals surface area contributed by atoms with Crippen LogP contribution in [0, 0.1) is 6.92 Å². The number of nitrogens with one attached hydrogen (secondary N) is 2. The molecule has 34 heavy (non-hydrogen) atoms. The van der Waals surface area contributed by atoms with Crippen molar-refractivity contribution in [1.29, 1.82) is 0 Å². The van der Waals surface area contributed by atoms with E-state index >= 15 is 0 Å². The van der Waals surface area contributed by atoms with E-state index in [1.54, 1.807) is 0 Å². The molecule has 3 aliphatic rings. The smallest absolute Gasteiger partial charge is 0.0533 e. The van der Waals surface area contributed by atoms with Crippen molar-refractivity contribution in [2.24, 2.45) is 0 Å². The van der Waals surface area contributed by atoms with Crippen molar-refractivity contribution in [1.82, 2.24) is 15.2 Å². The Morgan fingerprint density at radius 1 is 1.00 bits per heavy atom. The van der Waals surface area contributed by atoms with Crippen LogP contribution in [0.5, 0.6) is 0 Å². The fraction of sp³-hybridized carbons (Fsp3) is 0.290. The molecule has 2 aliphatic heterocycles. The van der Waals surface area contributed by atoms with Crippen LogP contribution in [-0.4, -0.2) is 11.1 Å². The van der Waals surface area contributed by atoms with Crippen molar-refractivity contribution >= 4 is 18.4 Å². The summed E-state index contributed by atoms with van der Waals surface area (Å²) in [6.07, 6.45) is 21.2. The Morgan fingerprint density at radius 3 is 2.59 bits per heavy atom. The molecule has 0 amide bonds. The quantitative estimate of drug-likeness (QED) is 0.681. The molecule has 3 nitrogen and oxygen atoms in total. The normalized spacial score (nSPS) is 21.3. The zero-order valence-corrected chi connectivity index (χ0v) is 20.8. The highest BCUT2D eigenvalue weighted by atomic mass is 15.0. The first kappa shape index (κ1) is 22.3. The summed E-state index contributed by atoms with van der Waals surface area (Å²) in [7, 11) is 0. The van der Waals surface area contributed by atoms with Crippen molar-refractivity contribution in [2.75, 3.05) is 6.54 Å².